The van der Waals surface area contributed by atoms with E-state index < -0.39 is 0 Å². The SMILES string of the molecule is Cc1cc(Br)c2c(c1)C1(CCNC1)CC2. The summed E-state index contributed by atoms with van der Waals surface area (Å²) in [6, 6.07) is 4.65. The van der Waals surface area contributed by atoms with Gasteiger partial charge in [-0.05, 0) is 55.5 Å². The summed E-state index contributed by atoms with van der Waals surface area (Å²) in [5.74, 6) is 0. The Kier molecular flexibility index (Phi) is 2.18. The second-order valence-electron chi connectivity index (χ2n) is 4.98. The Balaban J connectivity index is 2.16. The first-order valence-corrected chi connectivity index (χ1v) is 6.51. The molecule has 1 heterocycles. The van der Waals surface area contributed by atoms with E-state index in [9.17, 15) is 0 Å². The van der Waals surface area contributed by atoms with Crippen LogP contribution in [-0.2, 0) is 11.8 Å². The van der Waals surface area contributed by atoms with Crippen molar-refractivity contribution >= 4 is 15.9 Å². The molecule has 1 spiro atoms. The maximum Gasteiger partial charge on any atom is 0.0212 e. The smallest absolute Gasteiger partial charge is 0.0212 e. The number of hydrogen-bond acceptors (Lipinski definition) is 1. The van der Waals surface area contributed by atoms with E-state index in [1.807, 2.05) is 0 Å². The monoisotopic (exact) mass is 265 g/mol. The van der Waals surface area contributed by atoms with Gasteiger partial charge in [0, 0.05) is 16.4 Å². The van der Waals surface area contributed by atoms with Gasteiger partial charge in [-0.2, -0.15) is 0 Å². The molecule has 15 heavy (non-hydrogen) atoms. The van der Waals surface area contributed by atoms with E-state index >= 15 is 0 Å². The number of aryl methyl sites for hydroxylation is 1. The highest BCUT2D eigenvalue weighted by atomic mass is 79.9. The van der Waals surface area contributed by atoms with Crippen molar-refractivity contribution in [1.29, 1.82) is 0 Å². The molecule has 3 rings (SSSR count). The van der Waals surface area contributed by atoms with Gasteiger partial charge in [0.25, 0.3) is 0 Å². The van der Waals surface area contributed by atoms with Gasteiger partial charge in [-0.3, -0.25) is 0 Å². The summed E-state index contributed by atoms with van der Waals surface area (Å²) in [4.78, 5) is 0. The van der Waals surface area contributed by atoms with Gasteiger partial charge in [-0.1, -0.05) is 22.0 Å². The Morgan fingerprint density at radius 1 is 1.33 bits per heavy atom. The van der Waals surface area contributed by atoms with Crippen LogP contribution in [0.4, 0.5) is 0 Å². The summed E-state index contributed by atoms with van der Waals surface area (Å²) in [5.41, 5.74) is 5.02. The Hall–Kier alpha value is -0.340. The molecule has 1 atom stereocenters. The Bertz CT molecular complexity index is 405. The van der Waals surface area contributed by atoms with Crippen molar-refractivity contribution in [1.82, 2.24) is 5.32 Å². The highest BCUT2D eigenvalue weighted by molar-refractivity contribution is 9.10. The summed E-state index contributed by atoms with van der Waals surface area (Å²) in [7, 11) is 0. The van der Waals surface area contributed by atoms with Gasteiger partial charge >= 0.3 is 0 Å². The van der Waals surface area contributed by atoms with E-state index in [0.717, 1.165) is 0 Å². The zero-order valence-electron chi connectivity index (χ0n) is 9.07. The lowest BCUT2D eigenvalue weighted by atomic mass is 9.81. The average molecular weight is 266 g/mol. The van der Waals surface area contributed by atoms with Crippen molar-refractivity contribution in [3.8, 4) is 0 Å². The molecule has 0 amide bonds. The third-order valence-corrected chi connectivity index (χ3v) is 4.72. The summed E-state index contributed by atoms with van der Waals surface area (Å²) in [6.07, 6.45) is 3.89. The first kappa shape index (κ1) is 9.86. The molecule has 80 valence electrons. The minimum Gasteiger partial charge on any atom is -0.316 e. The zero-order valence-corrected chi connectivity index (χ0v) is 10.7. The molecule has 1 aliphatic heterocycles. The van der Waals surface area contributed by atoms with Crippen LogP contribution in [0.5, 0.6) is 0 Å². The maximum absolute atomic E-state index is 3.71. The van der Waals surface area contributed by atoms with Gasteiger partial charge in [0.1, 0.15) is 0 Å². The third-order valence-electron chi connectivity index (χ3n) is 4.01. The van der Waals surface area contributed by atoms with Crippen LogP contribution in [0, 0.1) is 6.92 Å². The topological polar surface area (TPSA) is 12.0 Å². The molecule has 1 saturated heterocycles. The Labute approximate surface area is 99.4 Å². The Morgan fingerprint density at radius 3 is 2.93 bits per heavy atom. The molecule has 2 heteroatoms. The van der Waals surface area contributed by atoms with Crippen LogP contribution in [0.2, 0.25) is 0 Å². The van der Waals surface area contributed by atoms with E-state index in [4.69, 9.17) is 0 Å². The predicted molar refractivity (Wildman–Crippen MR) is 66.4 cm³/mol. The molecule has 1 aliphatic carbocycles. The fourth-order valence-corrected chi connectivity index (χ4v) is 3.96. The van der Waals surface area contributed by atoms with Crippen molar-refractivity contribution in [2.75, 3.05) is 13.1 Å². The van der Waals surface area contributed by atoms with E-state index in [1.165, 1.54) is 42.4 Å². The van der Waals surface area contributed by atoms with E-state index in [0.29, 0.717) is 5.41 Å². The fourth-order valence-electron chi connectivity index (χ4n) is 3.19. The highest BCUT2D eigenvalue weighted by Gasteiger charge is 2.41. The van der Waals surface area contributed by atoms with Gasteiger partial charge < -0.3 is 5.32 Å². The molecule has 1 fully saturated rings. The molecule has 1 aromatic carbocycles. The minimum atomic E-state index is 0.462. The van der Waals surface area contributed by atoms with Crippen LogP contribution in [0.15, 0.2) is 16.6 Å². The first-order chi connectivity index (χ1) is 7.21. The standard InChI is InChI=1S/C13H16BrN/c1-9-6-11-10(12(14)7-9)2-3-13(11)4-5-15-8-13/h6-7,15H,2-5,8H2,1H3. The second kappa shape index (κ2) is 3.33. The second-order valence-corrected chi connectivity index (χ2v) is 5.83. The number of fused-ring (bicyclic) bond motifs is 2. The van der Waals surface area contributed by atoms with Crippen molar-refractivity contribution in [3.05, 3.63) is 33.3 Å². The van der Waals surface area contributed by atoms with E-state index in [1.54, 1.807) is 11.1 Å². The van der Waals surface area contributed by atoms with Crippen molar-refractivity contribution in [2.24, 2.45) is 0 Å². The van der Waals surface area contributed by atoms with E-state index in [-0.39, 0.29) is 0 Å². The van der Waals surface area contributed by atoms with Crippen LogP contribution in [0.3, 0.4) is 0 Å². The molecular weight excluding hydrogens is 250 g/mol. The summed E-state index contributed by atoms with van der Waals surface area (Å²) in [5, 5.41) is 3.52. The van der Waals surface area contributed by atoms with Crippen molar-refractivity contribution in [2.45, 2.75) is 31.6 Å². The molecule has 0 radical (unpaired) electrons. The maximum atomic E-state index is 3.71. The summed E-state index contributed by atoms with van der Waals surface area (Å²) < 4.78 is 1.32. The third kappa shape index (κ3) is 1.38. The fraction of sp³-hybridized carbons (Fsp3) is 0.538. The lowest BCUT2D eigenvalue weighted by Crippen LogP contribution is -2.25. The molecule has 2 aliphatic rings. The summed E-state index contributed by atoms with van der Waals surface area (Å²) >= 11 is 3.71. The molecule has 1 unspecified atom stereocenters. The number of halogens is 1. The molecule has 0 bridgehead atoms. The molecule has 1 nitrogen and oxygen atoms in total. The van der Waals surface area contributed by atoms with Gasteiger partial charge in [0.05, 0.1) is 0 Å². The van der Waals surface area contributed by atoms with Crippen molar-refractivity contribution < 1.29 is 0 Å². The molecule has 1 N–H and O–H groups in total. The number of rotatable bonds is 0. The highest BCUT2D eigenvalue weighted by Crippen LogP contribution is 2.45. The minimum absolute atomic E-state index is 0.462. The largest absolute Gasteiger partial charge is 0.316 e. The molecule has 1 aromatic rings. The van der Waals surface area contributed by atoms with Crippen LogP contribution in [-0.4, -0.2) is 13.1 Å². The van der Waals surface area contributed by atoms with Gasteiger partial charge in [-0.15, -0.1) is 0 Å². The number of hydrogen-bond donors (Lipinski definition) is 1. The lowest BCUT2D eigenvalue weighted by molar-refractivity contribution is 0.468. The van der Waals surface area contributed by atoms with Crippen LogP contribution < -0.4 is 5.32 Å². The van der Waals surface area contributed by atoms with Crippen LogP contribution in [0.1, 0.15) is 29.5 Å². The van der Waals surface area contributed by atoms with Crippen molar-refractivity contribution in [3.63, 3.8) is 0 Å². The quantitative estimate of drug-likeness (QED) is 0.761. The first-order valence-electron chi connectivity index (χ1n) is 5.72. The van der Waals surface area contributed by atoms with Gasteiger partial charge in [0.15, 0.2) is 0 Å². The number of nitrogens with one attached hydrogen (secondary N) is 1. The number of benzene rings is 1. The summed E-state index contributed by atoms with van der Waals surface area (Å²) in [6.45, 7) is 4.56. The Morgan fingerprint density at radius 2 is 2.20 bits per heavy atom. The zero-order chi connectivity index (χ0) is 10.5. The average Bonchev–Trinajstić information content (AvgIpc) is 2.77. The van der Waals surface area contributed by atoms with E-state index in [2.05, 4.69) is 40.3 Å². The van der Waals surface area contributed by atoms with Crippen LogP contribution >= 0.6 is 15.9 Å². The van der Waals surface area contributed by atoms with Crippen LogP contribution in [0.25, 0.3) is 0 Å². The van der Waals surface area contributed by atoms with Gasteiger partial charge in [0.2, 0.25) is 0 Å². The molecule has 0 aromatic heterocycles. The molecule has 0 saturated carbocycles. The molecular formula is C13H16BrN. The predicted octanol–water partition coefficient (Wildman–Crippen LogP) is 2.93. The normalized spacial score (nSPS) is 28.7. The lowest BCUT2D eigenvalue weighted by Gasteiger charge is -2.23. The van der Waals surface area contributed by atoms with Gasteiger partial charge in [-0.25, -0.2) is 0 Å².